The van der Waals surface area contributed by atoms with E-state index in [0.717, 1.165) is 6.42 Å². The van der Waals surface area contributed by atoms with Gasteiger partial charge in [0.1, 0.15) is 6.61 Å². The highest BCUT2D eigenvalue weighted by molar-refractivity contribution is 4.70. The Morgan fingerprint density at radius 1 is 1.62 bits per heavy atom. The summed E-state index contributed by atoms with van der Waals surface area (Å²) in [5.74, 6) is 0. The molecule has 0 N–H and O–H groups in total. The summed E-state index contributed by atoms with van der Waals surface area (Å²) in [5, 5.41) is 9.73. The van der Waals surface area contributed by atoms with E-state index in [1.807, 2.05) is 6.92 Å². The highest BCUT2D eigenvalue weighted by atomic mass is 16.5. The fraction of sp³-hybridized carbons (Fsp3) is 0.667. The standard InChI is InChI=1S/C6H11O2/c1-2-5-8-6-3-4-7/h3,6H,2,4-5H2,1H3. The summed E-state index contributed by atoms with van der Waals surface area (Å²) in [7, 11) is 0. The molecule has 47 valence electrons. The number of hydrogen-bond acceptors (Lipinski definition) is 1. The Bertz CT molecular complexity index is 59.5. The predicted molar refractivity (Wildman–Crippen MR) is 30.9 cm³/mol. The third-order valence-electron chi connectivity index (χ3n) is 0.611. The first-order valence-electron chi connectivity index (χ1n) is 2.76. The van der Waals surface area contributed by atoms with E-state index < -0.39 is 0 Å². The van der Waals surface area contributed by atoms with Gasteiger partial charge in [-0.25, -0.2) is 5.11 Å². The Balaban J connectivity index is 2.80. The Morgan fingerprint density at radius 2 is 2.38 bits per heavy atom. The molecule has 0 amide bonds. The van der Waals surface area contributed by atoms with E-state index in [9.17, 15) is 5.11 Å². The molecule has 0 rings (SSSR count). The smallest absolute Gasteiger partial charge is 0.104 e. The van der Waals surface area contributed by atoms with Gasteiger partial charge in [0.05, 0.1) is 12.9 Å². The van der Waals surface area contributed by atoms with Crippen LogP contribution in [0.4, 0.5) is 0 Å². The molecule has 0 aliphatic heterocycles. The van der Waals surface area contributed by atoms with Gasteiger partial charge in [-0.1, -0.05) is 6.92 Å². The largest absolute Gasteiger partial charge is 0.501 e. The maximum absolute atomic E-state index is 9.73. The van der Waals surface area contributed by atoms with Crippen LogP contribution in [0.1, 0.15) is 13.3 Å². The van der Waals surface area contributed by atoms with Crippen LogP contribution in [0.2, 0.25) is 0 Å². The Kier molecular flexibility index (Phi) is 6.09. The van der Waals surface area contributed by atoms with Gasteiger partial charge in [0.15, 0.2) is 0 Å². The normalized spacial score (nSPS) is 10.2. The van der Waals surface area contributed by atoms with Crippen LogP contribution in [0, 0.1) is 0 Å². The summed E-state index contributed by atoms with van der Waals surface area (Å²) >= 11 is 0. The molecule has 2 nitrogen and oxygen atoms in total. The minimum absolute atomic E-state index is 0.191. The number of hydrogen-bond donors (Lipinski definition) is 0. The van der Waals surface area contributed by atoms with Crippen molar-refractivity contribution in [3.8, 4) is 0 Å². The Labute approximate surface area is 49.8 Å². The second-order valence-electron chi connectivity index (χ2n) is 1.41. The zero-order valence-electron chi connectivity index (χ0n) is 5.09. The predicted octanol–water partition coefficient (Wildman–Crippen LogP) is 1.36. The van der Waals surface area contributed by atoms with Crippen molar-refractivity contribution in [3.63, 3.8) is 0 Å². The van der Waals surface area contributed by atoms with Crippen molar-refractivity contribution in [2.45, 2.75) is 13.3 Å². The van der Waals surface area contributed by atoms with Crippen LogP contribution in [0.25, 0.3) is 0 Å². The minimum atomic E-state index is -0.191. The van der Waals surface area contributed by atoms with Gasteiger partial charge in [-0.15, -0.1) is 0 Å². The third-order valence-corrected chi connectivity index (χ3v) is 0.611. The summed E-state index contributed by atoms with van der Waals surface area (Å²) in [5.41, 5.74) is 0. The fourth-order valence-corrected chi connectivity index (χ4v) is 0.293. The molecule has 0 heterocycles. The first-order chi connectivity index (χ1) is 3.91. The van der Waals surface area contributed by atoms with Gasteiger partial charge in [-0.3, -0.25) is 0 Å². The van der Waals surface area contributed by atoms with E-state index in [-0.39, 0.29) is 6.61 Å². The Hall–Kier alpha value is -0.500. The Morgan fingerprint density at radius 3 is 2.88 bits per heavy atom. The van der Waals surface area contributed by atoms with Crippen molar-refractivity contribution in [2.24, 2.45) is 0 Å². The molecule has 1 radical (unpaired) electrons. The summed E-state index contributed by atoms with van der Waals surface area (Å²) in [6, 6.07) is 0. The lowest BCUT2D eigenvalue weighted by atomic mass is 10.5. The van der Waals surface area contributed by atoms with Gasteiger partial charge < -0.3 is 4.74 Å². The molecular weight excluding hydrogens is 104 g/mol. The van der Waals surface area contributed by atoms with Crippen molar-refractivity contribution in [1.82, 2.24) is 0 Å². The maximum Gasteiger partial charge on any atom is 0.104 e. The van der Waals surface area contributed by atoms with Gasteiger partial charge in [0, 0.05) is 0 Å². The van der Waals surface area contributed by atoms with E-state index in [4.69, 9.17) is 4.74 Å². The zero-order chi connectivity index (χ0) is 6.24. The molecule has 0 bridgehead atoms. The molecule has 0 saturated heterocycles. The molecule has 2 heteroatoms. The van der Waals surface area contributed by atoms with E-state index in [1.165, 1.54) is 12.3 Å². The maximum atomic E-state index is 9.73. The lowest BCUT2D eigenvalue weighted by Gasteiger charge is -1.92. The summed E-state index contributed by atoms with van der Waals surface area (Å²) in [6.45, 7) is 2.53. The number of rotatable bonds is 4. The van der Waals surface area contributed by atoms with Crippen molar-refractivity contribution >= 4 is 0 Å². The quantitative estimate of drug-likeness (QED) is 0.401. The van der Waals surface area contributed by atoms with Crippen LogP contribution in [0.3, 0.4) is 0 Å². The van der Waals surface area contributed by atoms with Crippen LogP contribution >= 0.6 is 0 Å². The molecule has 0 aromatic carbocycles. The SMILES string of the molecule is CCCOC=CC[O]. The molecule has 0 fully saturated rings. The second kappa shape index (κ2) is 6.50. The first kappa shape index (κ1) is 7.50. The van der Waals surface area contributed by atoms with Crippen molar-refractivity contribution in [2.75, 3.05) is 13.2 Å². The molecule has 8 heavy (non-hydrogen) atoms. The molecule has 0 atom stereocenters. The molecule has 0 aliphatic carbocycles. The lowest BCUT2D eigenvalue weighted by Crippen LogP contribution is -1.82. The zero-order valence-corrected chi connectivity index (χ0v) is 5.09. The summed E-state index contributed by atoms with van der Waals surface area (Å²) in [6.07, 6.45) is 3.90. The minimum Gasteiger partial charge on any atom is -0.501 e. The molecule has 0 unspecified atom stereocenters. The average molecular weight is 115 g/mol. The van der Waals surface area contributed by atoms with Crippen LogP contribution < -0.4 is 0 Å². The van der Waals surface area contributed by atoms with Gasteiger partial charge in [-0.05, 0) is 12.5 Å². The molecule has 0 aromatic rings. The number of ether oxygens (including phenoxy) is 1. The molecule has 0 spiro atoms. The van der Waals surface area contributed by atoms with Crippen molar-refractivity contribution < 1.29 is 9.84 Å². The highest BCUT2D eigenvalue weighted by Crippen LogP contribution is 1.80. The van der Waals surface area contributed by atoms with Crippen LogP contribution in [0.15, 0.2) is 12.3 Å². The van der Waals surface area contributed by atoms with Crippen LogP contribution in [-0.4, -0.2) is 13.2 Å². The van der Waals surface area contributed by atoms with Crippen LogP contribution in [-0.2, 0) is 9.84 Å². The second-order valence-corrected chi connectivity index (χ2v) is 1.41. The summed E-state index contributed by atoms with van der Waals surface area (Å²) < 4.78 is 4.84. The van der Waals surface area contributed by atoms with Gasteiger partial charge in [-0.2, -0.15) is 0 Å². The monoisotopic (exact) mass is 115 g/mol. The fourth-order valence-electron chi connectivity index (χ4n) is 0.293. The molecule has 0 aromatic heterocycles. The highest BCUT2D eigenvalue weighted by Gasteiger charge is 1.73. The van der Waals surface area contributed by atoms with Crippen molar-refractivity contribution in [1.29, 1.82) is 0 Å². The summed E-state index contributed by atoms with van der Waals surface area (Å²) in [4.78, 5) is 0. The molecule has 0 aliphatic rings. The van der Waals surface area contributed by atoms with Gasteiger partial charge >= 0.3 is 0 Å². The topological polar surface area (TPSA) is 29.1 Å². The third kappa shape index (κ3) is 5.50. The van der Waals surface area contributed by atoms with E-state index >= 15 is 0 Å². The molecular formula is C6H11O2. The van der Waals surface area contributed by atoms with E-state index in [0.29, 0.717) is 6.61 Å². The van der Waals surface area contributed by atoms with Gasteiger partial charge in [0.25, 0.3) is 0 Å². The molecule has 0 saturated carbocycles. The van der Waals surface area contributed by atoms with Gasteiger partial charge in [0.2, 0.25) is 0 Å². The first-order valence-corrected chi connectivity index (χ1v) is 2.76. The van der Waals surface area contributed by atoms with Crippen molar-refractivity contribution in [3.05, 3.63) is 12.3 Å². The van der Waals surface area contributed by atoms with E-state index in [2.05, 4.69) is 0 Å². The average Bonchev–Trinajstić information content (AvgIpc) is 1.81. The lowest BCUT2D eigenvalue weighted by molar-refractivity contribution is 0.217. The van der Waals surface area contributed by atoms with Crippen LogP contribution in [0.5, 0.6) is 0 Å². The van der Waals surface area contributed by atoms with E-state index in [1.54, 1.807) is 0 Å².